The smallest absolute Gasteiger partial charge is 0.349 e. The van der Waals surface area contributed by atoms with Gasteiger partial charge < -0.3 is 14.4 Å². The summed E-state index contributed by atoms with van der Waals surface area (Å²) in [6.45, 7) is 6.65. The molecule has 6 nitrogen and oxygen atoms in total. The van der Waals surface area contributed by atoms with E-state index in [9.17, 15) is 14.9 Å². The molecule has 0 amide bonds. The normalized spacial score (nSPS) is 13.2. The molecule has 0 N–H and O–H groups in total. The molecule has 0 saturated heterocycles. The lowest BCUT2D eigenvalue weighted by atomic mass is 10.1. The molecule has 6 heteroatoms. The summed E-state index contributed by atoms with van der Waals surface area (Å²) in [5.74, 6) is -0.900. The minimum atomic E-state index is -0.586. The molecule has 0 spiro atoms. The van der Waals surface area contributed by atoms with Crippen molar-refractivity contribution < 1.29 is 19.1 Å². The minimum absolute atomic E-state index is 0.000657. The van der Waals surface area contributed by atoms with Gasteiger partial charge in [-0.3, -0.25) is 0 Å². The topological polar surface area (TPSA) is 79.6 Å². The maximum absolute atomic E-state index is 12.5. The minimum Gasteiger partial charge on any atom is -0.462 e. The Bertz CT molecular complexity index is 985. The Morgan fingerprint density at radius 2 is 1.45 bits per heavy atom. The molecule has 2 rings (SSSR count). The van der Waals surface area contributed by atoms with E-state index in [0.29, 0.717) is 17.7 Å². The summed E-state index contributed by atoms with van der Waals surface area (Å²) in [7, 11) is 0. The van der Waals surface area contributed by atoms with E-state index in [0.717, 1.165) is 37.8 Å². The Morgan fingerprint density at radius 1 is 0.868 bits per heavy atom. The van der Waals surface area contributed by atoms with Crippen molar-refractivity contribution in [1.82, 2.24) is 0 Å². The van der Waals surface area contributed by atoms with Crippen LogP contribution in [-0.4, -0.2) is 24.6 Å². The number of nitrogens with zero attached hydrogens (tertiary/aromatic N) is 2. The third kappa shape index (κ3) is 11.0. The molecule has 206 valence electrons. The monoisotopic (exact) mass is 520 g/mol. The molecule has 1 aliphatic heterocycles. The van der Waals surface area contributed by atoms with E-state index in [-0.39, 0.29) is 17.6 Å². The number of allylic oxidation sites excluding steroid dienone is 3. The number of nitriles is 1. The van der Waals surface area contributed by atoms with Crippen molar-refractivity contribution in [2.45, 2.75) is 104 Å². The zero-order valence-corrected chi connectivity index (χ0v) is 23.4. The molecule has 38 heavy (non-hydrogen) atoms. The Kier molecular flexibility index (Phi) is 14.6. The average Bonchev–Trinajstić information content (AvgIpc) is 2.93. The summed E-state index contributed by atoms with van der Waals surface area (Å²) in [5, 5.41) is 9.52. The fraction of sp³-hybridized carbons (Fsp3) is 0.531. The molecule has 1 aromatic rings. The van der Waals surface area contributed by atoms with Gasteiger partial charge >= 0.3 is 11.9 Å². The van der Waals surface area contributed by atoms with E-state index in [1.54, 1.807) is 36.7 Å². The summed E-state index contributed by atoms with van der Waals surface area (Å²) < 4.78 is 10.9. The molecule has 1 aromatic carbocycles. The number of carbonyl (C=O) groups is 2. The van der Waals surface area contributed by atoms with Gasteiger partial charge in [0, 0.05) is 23.7 Å². The number of benzene rings is 1. The van der Waals surface area contributed by atoms with E-state index in [1.807, 2.05) is 30.0 Å². The van der Waals surface area contributed by atoms with Crippen LogP contribution >= 0.6 is 0 Å². The molecular formula is C32H44N2O4. The Hall–Kier alpha value is -3.33. The lowest BCUT2D eigenvalue weighted by Crippen LogP contribution is -2.16. The molecule has 1 heterocycles. The number of anilines is 1. The van der Waals surface area contributed by atoms with E-state index < -0.39 is 5.97 Å². The van der Waals surface area contributed by atoms with Crippen LogP contribution in [0.15, 0.2) is 60.0 Å². The van der Waals surface area contributed by atoms with E-state index >= 15 is 0 Å². The van der Waals surface area contributed by atoms with Gasteiger partial charge in [0.25, 0.3) is 0 Å². The maximum Gasteiger partial charge on any atom is 0.349 e. The van der Waals surface area contributed by atoms with Crippen molar-refractivity contribution in [3.63, 3.8) is 0 Å². The number of unbranched alkanes of at least 4 members (excludes halogenated alkanes) is 9. The van der Waals surface area contributed by atoms with Crippen LogP contribution in [0.5, 0.6) is 0 Å². The standard InChI is InChI=1S/C32H44N2O4/c1-4-6-8-10-12-14-24-37-32(36)30(25-33)27-20-22-34(23-21-27)29-18-16-28(17-19-29)31(35)38-26(3)15-13-11-9-7-5-2/h16-23,26H,4-15,24H2,1-3H3/t26-/m1/s1. The summed E-state index contributed by atoms with van der Waals surface area (Å²) in [6.07, 6.45) is 20.3. The first kappa shape index (κ1) is 30.9. The Labute approximate surface area is 229 Å². The molecule has 0 bridgehead atoms. The highest BCUT2D eigenvalue weighted by molar-refractivity contribution is 5.95. The third-order valence-corrected chi connectivity index (χ3v) is 6.59. The molecule has 1 atom stereocenters. The first-order chi connectivity index (χ1) is 18.5. The van der Waals surface area contributed by atoms with Crippen molar-refractivity contribution >= 4 is 17.6 Å². The van der Waals surface area contributed by atoms with Gasteiger partial charge in [0.05, 0.1) is 18.3 Å². The van der Waals surface area contributed by atoms with Gasteiger partial charge in [-0.05, 0) is 62.6 Å². The van der Waals surface area contributed by atoms with Gasteiger partial charge in [0.1, 0.15) is 11.6 Å². The SMILES string of the molecule is CCCCCCCCOC(=O)C(C#N)=C1C=CN(c2ccc(C(=O)O[C@H](C)CCCCCCC)cc2)C=C1. The number of rotatable bonds is 17. The van der Waals surface area contributed by atoms with Gasteiger partial charge in [-0.25, -0.2) is 9.59 Å². The predicted molar refractivity (Wildman–Crippen MR) is 152 cm³/mol. The average molecular weight is 521 g/mol. The van der Waals surface area contributed by atoms with Crippen LogP contribution < -0.4 is 4.90 Å². The van der Waals surface area contributed by atoms with Crippen molar-refractivity contribution in [3.8, 4) is 6.07 Å². The molecule has 0 aromatic heterocycles. The highest BCUT2D eigenvalue weighted by atomic mass is 16.5. The van der Waals surface area contributed by atoms with Crippen LogP contribution in [0.1, 0.15) is 108 Å². The van der Waals surface area contributed by atoms with Crippen molar-refractivity contribution in [2.75, 3.05) is 11.5 Å². The predicted octanol–water partition coefficient (Wildman–Crippen LogP) is 8.16. The van der Waals surface area contributed by atoms with Gasteiger partial charge in [-0.1, -0.05) is 71.6 Å². The quantitative estimate of drug-likeness (QED) is 0.0892. The molecular weight excluding hydrogens is 476 g/mol. The molecule has 0 unspecified atom stereocenters. The van der Waals surface area contributed by atoms with Crippen LogP contribution in [0.3, 0.4) is 0 Å². The lowest BCUT2D eigenvalue weighted by molar-refractivity contribution is -0.138. The molecule has 0 aliphatic carbocycles. The van der Waals surface area contributed by atoms with E-state index in [1.165, 1.54) is 44.9 Å². The van der Waals surface area contributed by atoms with Gasteiger partial charge in [-0.2, -0.15) is 5.26 Å². The second kappa shape index (κ2) is 18.0. The highest BCUT2D eigenvalue weighted by Gasteiger charge is 2.17. The number of carbonyl (C=O) groups excluding carboxylic acids is 2. The number of hydrogen-bond donors (Lipinski definition) is 0. The number of hydrogen-bond acceptors (Lipinski definition) is 6. The third-order valence-electron chi connectivity index (χ3n) is 6.59. The van der Waals surface area contributed by atoms with Crippen molar-refractivity contribution in [1.29, 1.82) is 5.26 Å². The molecule has 0 radical (unpaired) electrons. The summed E-state index contributed by atoms with van der Waals surface area (Å²) in [5.41, 5.74) is 1.87. The zero-order chi connectivity index (χ0) is 27.6. The number of ether oxygens (including phenoxy) is 2. The molecule has 0 saturated carbocycles. The van der Waals surface area contributed by atoms with Crippen LogP contribution in [-0.2, 0) is 14.3 Å². The zero-order valence-electron chi connectivity index (χ0n) is 23.4. The van der Waals surface area contributed by atoms with E-state index in [2.05, 4.69) is 13.8 Å². The van der Waals surface area contributed by atoms with Crippen molar-refractivity contribution in [3.05, 3.63) is 65.5 Å². The van der Waals surface area contributed by atoms with Gasteiger partial charge in [-0.15, -0.1) is 0 Å². The first-order valence-corrected chi connectivity index (χ1v) is 14.3. The number of esters is 2. The van der Waals surface area contributed by atoms with E-state index in [4.69, 9.17) is 9.47 Å². The van der Waals surface area contributed by atoms with Gasteiger partial charge in [0.2, 0.25) is 0 Å². The Balaban J connectivity index is 1.84. The maximum atomic E-state index is 12.5. The summed E-state index contributed by atoms with van der Waals surface area (Å²) >= 11 is 0. The second-order valence-electron chi connectivity index (χ2n) is 9.85. The largest absolute Gasteiger partial charge is 0.462 e. The Morgan fingerprint density at radius 3 is 2.05 bits per heavy atom. The first-order valence-electron chi connectivity index (χ1n) is 14.3. The van der Waals surface area contributed by atoms with Crippen LogP contribution in [0.2, 0.25) is 0 Å². The van der Waals surface area contributed by atoms with Crippen LogP contribution in [0, 0.1) is 11.3 Å². The fourth-order valence-electron chi connectivity index (χ4n) is 4.23. The lowest BCUT2D eigenvalue weighted by Gasteiger charge is -2.20. The van der Waals surface area contributed by atoms with Gasteiger partial charge in [0.15, 0.2) is 0 Å². The van der Waals surface area contributed by atoms with Crippen LogP contribution in [0.4, 0.5) is 5.69 Å². The summed E-state index contributed by atoms with van der Waals surface area (Å²) in [6, 6.07) is 9.17. The van der Waals surface area contributed by atoms with Crippen LogP contribution in [0.25, 0.3) is 0 Å². The van der Waals surface area contributed by atoms with Crippen molar-refractivity contribution in [2.24, 2.45) is 0 Å². The second-order valence-corrected chi connectivity index (χ2v) is 9.85. The molecule has 0 fully saturated rings. The molecule has 1 aliphatic rings. The highest BCUT2D eigenvalue weighted by Crippen LogP contribution is 2.23. The summed E-state index contributed by atoms with van der Waals surface area (Å²) in [4.78, 5) is 26.8. The fourth-order valence-corrected chi connectivity index (χ4v) is 4.23.